The molecule has 7 heteroatoms. The Labute approximate surface area is 210 Å². The van der Waals surface area contributed by atoms with E-state index in [0.717, 1.165) is 55.8 Å². The molecule has 4 rings (SSSR count). The Morgan fingerprint density at radius 2 is 1.38 bits per heavy atom. The topological polar surface area (TPSA) is 44.8 Å². The van der Waals surface area contributed by atoms with Crippen LogP contribution in [0.2, 0.25) is 58.9 Å². The molecule has 0 aromatic heterocycles. The van der Waals surface area contributed by atoms with Gasteiger partial charge in [0, 0.05) is 17.4 Å². The van der Waals surface area contributed by atoms with Crippen LogP contribution < -0.4 is 13.3 Å². The van der Waals surface area contributed by atoms with Gasteiger partial charge in [-0.25, -0.2) is 0 Å². The second-order valence-electron chi connectivity index (χ2n) is 14.1. The van der Waals surface area contributed by atoms with E-state index in [1.54, 1.807) is 0 Å². The first kappa shape index (κ1) is 26.0. The minimum Gasteiger partial charge on any atom is -0.542 e. The lowest BCUT2D eigenvalue weighted by Gasteiger charge is -2.49. The average molecular weight is 519 g/mol. The van der Waals surface area contributed by atoms with E-state index in [1.165, 1.54) is 11.1 Å². The van der Waals surface area contributed by atoms with Gasteiger partial charge in [-0.1, -0.05) is 6.92 Å². The van der Waals surface area contributed by atoms with E-state index in [4.69, 9.17) is 13.3 Å². The third-order valence-corrected chi connectivity index (χ3v) is 10.3. The van der Waals surface area contributed by atoms with E-state index in [1.807, 2.05) is 0 Å². The van der Waals surface area contributed by atoms with E-state index in [9.17, 15) is 4.79 Å². The molecule has 34 heavy (non-hydrogen) atoms. The summed E-state index contributed by atoms with van der Waals surface area (Å²) in [5, 5.41) is 0. The molecule has 0 amide bonds. The van der Waals surface area contributed by atoms with Crippen molar-refractivity contribution < 1.29 is 18.1 Å². The first-order valence-corrected chi connectivity index (χ1v) is 23.5. The average Bonchev–Trinajstić information content (AvgIpc) is 2.96. The first-order chi connectivity index (χ1) is 15.5. The Bertz CT molecular complexity index is 970. The van der Waals surface area contributed by atoms with Crippen LogP contribution in [-0.2, 0) is 11.2 Å². The fourth-order valence-electron chi connectivity index (χ4n) is 6.64. The lowest BCUT2D eigenvalue weighted by atomic mass is 9.55. The summed E-state index contributed by atoms with van der Waals surface area (Å²) in [6.45, 7) is 22.4. The number of hydrogen-bond donors (Lipinski definition) is 0. The third kappa shape index (κ3) is 5.07. The van der Waals surface area contributed by atoms with E-state index in [0.29, 0.717) is 23.5 Å². The summed E-state index contributed by atoms with van der Waals surface area (Å²) in [7, 11) is -5.65. The predicted octanol–water partition coefficient (Wildman–Crippen LogP) is 7.75. The Kier molecular flexibility index (Phi) is 6.51. The van der Waals surface area contributed by atoms with Crippen molar-refractivity contribution in [1.82, 2.24) is 0 Å². The lowest BCUT2D eigenvalue weighted by Crippen LogP contribution is -2.43. The van der Waals surface area contributed by atoms with Crippen molar-refractivity contribution in [3.8, 4) is 17.2 Å². The van der Waals surface area contributed by atoms with Crippen LogP contribution in [-0.4, -0.2) is 30.7 Å². The number of rotatable bonds is 6. The van der Waals surface area contributed by atoms with Gasteiger partial charge in [-0.15, -0.1) is 0 Å². The summed E-state index contributed by atoms with van der Waals surface area (Å²) in [5.41, 5.74) is 2.67. The molecule has 4 atom stereocenters. The van der Waals surface area contributed by atoms with Crippen LogP contribution in [0.3, 0.4) is 0 Å². The molecule has 1 aromatic rings. The summed E-state index contributed by atoms with van der Waals surface area (Å²) >= 11 is 0. The van der Waals surface area contributed by atoms with E-state index in [2.05, 4.69) is 71.9 Å². The molecular weight excluding hydrogens is 473 g/mol. The van der Waals surface area contributed by atoms with Gasteiger partial charge in [0.25, 0.3) is 0 Å². The number of Topliss-reactive ketones (excluding diaryl/α,β-unsaturated/α-hetero) is 1. The summed E-state index contributed by atoms with van der Waals surface area (Å²) in [6, 6.07) is 2.33. The van der Waals surface area contributed by atoms with Gasteiger partial charge in [0.05, 0.1) is 0 Å². The molecule has 0 aliphatic heterocycles. The van der Waals surface area contributed by atoms with Crippen molar-refractivity contribution >= 4 is 30.7 Å². The number of carbonyl (C=O) groups is 1. The van der Waals surface area contributed by atoms with Gasteiger partial charge >= 0.3 is 0 Å². The van der Waals surface area contributed by atoms with Gasteiger partial charge in [-0.2, -0.15) is 0 Å². The molecule has 190 valence electrons. The maximum atomic E-state index is 12.8. The van der Waals surface area contributed by atoms with Gasteiger partial charge in [0.1, 0.15) is 11.5 Å². The Hall–Kier alpha value is -1.06. The molecular formula is C27H46O4Si3. The van der Waals surface area contributed by atoms with Crippen LogP contribution in [0.5, 0.6) is 17.2 Å². The Balaban J connectivity index is 1.87. The highest BCUT2D eigenvalue weighted by Crippen LogP contribution is 2.61. The number of carbonyl (C=O) groups excluding carboxylic acids is 1. The molecule has 2 saturated carbocycles. The van der Waals surface area contributed by atoms with Crippen molar-refractivity contribution in [2.24, 2.45) is 17.3 Å². The standard InChI is InChI=1S/C27H46O4Si3/c1-27-16-15-18-19(22(27)13-14-24(27)28)11-12-20-21(18)17-23(29-32(2,3)4)26(31-34(8,9)10)25(20)30-33(5,6)7/h17-19,22H,11-16H2,1-10H3/t18-,19+,22-,27-/m0/s1. The third-order valence-electron chi connectivity index (χ3n) is 7.85. The SMILES string of the molecule is C[C@]12CC[C@@H]3c4cc(O[Si](C)(C)C)c(O[Si](C)(C)C)c(O[Si](C)(C)C)c4CC[C@H]3[C@@H]1CCC2=O. The van der Waals surface area contributed by atoms with Crippen LogP contribution in [0.25, 0.3) is 0 Å². The normalized spacial score (nSPS) is 29.2. The molecule has 0 saturated heterocycles. The highest BCUT2D eigenvalue weighted by atomic mass is 28.4. The van der Waals surface area contributed by atoms with Crippen LogP contribution in [0.1, 0.15) is 56.1 Å². The molecule has 0 radical (unpaired) electrons. The van der Waals surface area contributed by atoms with Crippen molar-refractivity contribution in [2.45, 2.75) is 110 Å². The Morgan fingerprint density at radius 1 is 0.794 bits per heavy atom. The van der Waals surface area contributed by atoms with Crippen molar-refractivity contribution in [3.63, 3.8) is 0 Å². The number of ketones is 1. The van der Waals surface area contributed by atoms with Crippen molar-refractivity contribution in [3.05, 3.63) is 17.2 Å². The zero-order valence-corrected chi connectivity index (χ0v) is 26.2. The maximum Gasteiger partial charge on any atom is 0.242 e. The highest BCUT2D eigenvalue weighted by Gasteiger charge is 2.55. The molecule has 3 aliphatic carbocycles. The number of benzene rings is 1. The van der Waals surface area contributed by atoms with Gasteiger partial charge in [0.15, 0.2) is 11.5 Å². The summed E-state index contributed by atoms with van der Waals surface area (Å²) in [6.07, 6.45) is 6.09. The van der Waals surface area contributed by atoms with Crippen LogP contribution >= 0.6 is 0 Å². The van der Waals surface area contributed by atoms with Crippen molar-refractivity contribution in [2.75, 3.05) is 0 Å². The molecule has 0 N–H and O–H groups in total. The molecule has 2 fully saturated rings. The van der Waals surface area contributed by atoms with E-state index in [-0.39, 0.29) is 5.41 Å². The van der Waals surface area contributed by atoms with Crippen molar-refractivity contribution in [1.29, 1.82) is 0 Å². The molecule has 0 heterocycles. The van der Waals surface area contributed by atoms with Gasteiger partial charge in [-0.05, 0) is 120 Å². The minimum absolute atomic E-state index is 0.102. The molecule has 0 unspecified atom stereocenters. The summed E-state index contributed by atoms with van der Waals surface area (Å²) in [4.78, 5) is 12.8. The summed E-state index contributed by atoms with van der Waals surface area (Å²) < 4.78 is 20.3. The second kappa shape index (κ2) is 8.51. The van der Waals surface area contributed by atoms with Gasteiger partial charge in [0.2, 0.25) is 25.0 Å². The van der Waals surface area contributed by atoms with E-state index < -0.39 is 25.0 Å². The van der Waals surface area contributed by atoms with Gasteiger partial charge < -0.3 is 13.3 Å². The monoisotopic (exact) mass is 518 g/mol. The minimum atomic E-state index is -1.89. The Morgan fingerprint density at radius 3 is 1.97 bits per heavy atom. The molecule has 3 aliphatic rings. The smallest absolute Gasteiger partial charge is 0.242 e. The number of fused-ring (bicyclic) bond motifs is 5. The fraction of sp³-hybridized carbons (Fsp3) is 0.741. The molecule has 0 bridgehead atoms. The zero-order chi connectivity index (χ0) is 25.3. The molecule has 0 spiro atoms. The van der Waals surface area contributed by atoms with Crippen LogP contribution in [0, 0.1) is 17.3 Å². The second-order valence-corrected chi connectivity index (χ2v) is 27.4. The zero-order valence-electron chi connectivity index (χ0n) is 23.2. The summed E-state index contributed by atoms with van der Waals surface area (Å²) in [5.74, 6) is 4.82. The molecule has 1 aromatic carbocycles. The highest BCUT2D eigenvalue weighted by molar-refractivity contribution is 6.71. The quantitative estimate of drug-likeness (QED) is 0.361. The fourth-order valence-corrected chi connectivity index (χ4v) is 9.09. The lowest BCUT2D eigenvalue weighted by molar-refractivity contribution is -0.129. The largest absolute Gasteiger partial charge is 0.542 e. The van der Waals surface area contributed by atoms with Crippen LogP contribution in [0.4, 0.5) is 0 Å². The van der Waals surface area contributed by atoms with E-state index >= 15 is 0 Å². The maximum absolute atomic E-state index is 12.8. The molecule has 4 nitrogen and oxygen atoms in total. The first-order valence-electron chi connectivity index (χ1n) is 13.3. The number of hydrogen-bond acceptors (Lipinski definition) is 4. The van der Waals surface area contributed by atoms with Gasteiger partial charge in [-0.3, -0.25) is 4.79 Å². The van der Waals surface area contributed by atoms with Crippen LogP contribution in [0.15, 0.2) is 6.07 Å². The predicted molar refractivity (Wildman–Crippen MR) is 148 cm³/mol.